The second-order valence-corrected chi connectivity index (χ2v) is 3.08. The van der Waals surface area contributed by atoms with Crippen molar-refractivity contribution in [2.24, 2.45) is 5.73 Å². The summed E-state index contributed by atoms with van der Waals surface area (Å²) in [5.41, 5.74) is 5.18. The van der Waals surface area contributed by atoms with Crippen molar-refractivity contribution >= 4 is 11.6 Å². The molecule has 0 unspecified atom stereocenters. The third kappa shape index (κ3) is 2.09. The minimum atomic E-state index is -0.853. The summed E-state index contributed by atoms with van der Waals surface area (Å²) in [7, 11) is 0. The molecule has 0 bridgehead atoms. The molecule has 17 heavy (non-hydrogen) atoms. The number of rotatable bonds is 3. The molecule has 1 aromatic carbocycles. The van der Waals surface area contributed by atoms with Crippen LogP contribution in [0.2, 0.25) is 0 Å². The van der Waals surface area contributed by atoms with Crippen LogP contribution in [0.1, 0.15) is 10.7 Å². The number of primary amides is 1. The first kappa shape index (κ1) is 10.7. The summed E-state index contributed by atoms with van der Waals surface area (Å²) in [5.74, 6) is -1.19. The number of hydrogen-bond donors (Lipinski definition) is 1. The molecule has 8 nitrogen and oxygen atoms in total. The van der Waals surface area contributed by atoms with E-state index in [9.17, 15) is 14.9 Å². The number of aromatic nitrogens is 2. The van der Waals surface area contributed by atoms with Crippen molar-refractivity contribution in [1.29, 1.82) is 0 Å². The Bertz CT molecular complexity index is 592. The van der Waals surface area contributed by atoms with Crippen molar-refractivity contribution < 1.29 is 14.1 Å². The van der Waals surface area contributed by atoms with Gasteiger partial charge in [-0.3, -0.25) is 14.9 Å². The van der Waals surface area contributed by atoms with Crippen LogP contribution in [0.4, 0.5) is 5.69 Å². The van der Waals surface area contributed by atoms with Gasteiger partial charge < -0.3 is 10.2 Å². The maximum Gasteiger partial charge on any atom is 0.306 e. The van der Waals surface area contributed by atoms with Crippen LogP contribution in [0.3, 0.4) is 0 Å². The standard InChI is InChI=1S/C9H6N4O4/c10-7(14)9-12-11-8(17-9)5-2-1-3-6(4-5)13(15)16/h1-4H,(H2,10,14). The van der Waals surface area contributed by atoms with Gasteiger partial charge in [0.15, 0.2) is 0 Å². The van der Waals surface area contributed by atoms with Crippen LogP contribution in [0, 0.1) is 10.1 Å². The average Bonchev–Trinajstić information content (AvgIpc) is 2.78. The Balaban J connectivity index is 2.42. The molecule has 0 fully saturated rings. The van der Waals surface area contributed by atoms with Crippen molar-refractivity contribution in [2.75, 3.05) is 0 Å². The van der Waals surface area contributed by atoms with Crippen LogP contribution >= 0.6 is 0 Å². The zero-order chi connectivity index (χ0) is 12.4. The molecule has 1 amide bonds. The molecule has 0 aliphatic heterocycles. The number of nitrogens with two attached hydrogens (primary N) is 1. The van der Waals surface area contributed by atoms with E-state index in [0.717, 1.165) is 0 Å². The second kappa shape index (κ2) is 4.00. The van der Waals surface area contributed by atoms with Crippen molar-refractivity contribution in [2.45, 2.75) is 0 Å². The van der Waals surface area contributed by atoms with Crippen LogP contribution in [-0.4, -0.2) is 21.0 Å². The van der Waals surface area contributed by atoms with E-state index in [-0.39, 0.29) is 17.5 Å². The summed E-state index contributed by atoms with van der Waals surface area (Å²) in [5, 5.41) is 17.5. The molecule has 0 aliphatic rings. The summed E-state index contributed by atoms with van der Waals surface area (Å²) in [6.45, 7) is 0. The number of benzene rings is 1. The Morgan fingerprint density at radius 2 is 2.18 bits per heavy atom. The zero-order valence-electron chi connectivity index (χ0n) is 8.36. The van der Waals surface area contributed by atoms with E-state index in [1.54, 1.807) is 6.07 Å². The number of amides is 1. The number of non-ortho nitro benzene ring substituents is 1. The predicted octanol–water partition coefficient (Wildman–Crippen LogP) is 0.744. The molecular weight excluding hydrogens is 228 g/mol. The van der Waals surface area contributed by atoms with E-state index in [1.165, 1.54) is 18.2 Å². The second-order valence-electron chi connectivity index (χ2n) is 3.08. The fraction of sp³-hybridized carbons (Fsp3) is 0. The summed E-state index contributed by atoms with van der Waals surface area (Å²) < 4.78 is 4.95. The highest BCUT2D eigenvalue weighted by molar-refractivity contribution is 5.88. The molecule has 1 aromatic heterocycles. The van der Waals surface area contributed by atoms with Gasteiger partial charge in [-0.15, -0.1) is 10.2 Å². The van der Waals surface area contributed by atoms with Crippen LogP contribution in [0.25, 0.3) is 11.5 Å². The number of carbonyl (C=O) groups is 1. The van der Waals surface area contributed by atoms with Crippen LogP contribution in [0.5, 0.6) is 0 Å². The van der Waals surface area contributed by atoms with E-state index in [1.807, 2.05) is 0 Å². The van der Waals surface area contributed by atoms with E-state index < -0.39 is 10.8 Å². The maximum absolute atomic E-state index is 10.7. The topological polar surface area (TPSA) is 125 Å². The van der Waals surface area contributed by atoms with Gasteiger partial charge >= 0.3 is 11.8 Å². The smallest absolute Gasteiger partial charge is 0.306 e. The lowest BCUT2D eigenvalue weighted by atomic mass is 10.2. The first-order valence-corrected chi connectivity index (χ1v) is 4.46. The fourth-order valence-electron chi connectivity index (χ4n) is 1.19. The van der Waals surface area contributed by atoms with Crippen LogP contribution < -0.4 is 5.73 Å². The number of carbonyl (C=O) groups excluding carboxylic acids is 1. The maximum atomic E-state index is 10.7. The lowest BCUT2D eigenvalue weighted by Gasteiger charge is -1.94. The molecule has 0 aliphatic carbocycles. The molecule has 0 saturated carbocycles. The van der Waals surface area contributed by atoms with E-state index in [2.05, 4.69) is 10.2 Å². The largest absolute Gasteiger partial charge is 0.412 e. The number of nitro groups is 1. The highest BCUT2D eigenvalue weighted by Gasteiger charge is 2.14. The zero-order valence-corrected chi connectivity index (χ0v) is 8.36. The Labute approximate surface area is 94.2 Å². The van der Waals surface area contributed by atoms with Gasteiger partial charge in [0.05, 0.1) is 4.92 Å². The number of nitrogens with zero attached hydrogens (tertiary/aromatic N) is 3. The minimum absolute atomic E-state index is 0.00231. The molecule has 2 rings (SSSR count). The molecule has 86 valence electrons. The Hall–Kier alpha value is -2.77. The van der Waals surface area contributed by atoms with Gasteiger partial charge in [-0.05, 0) is 6.07 Å². The third-order valence-electron chi connectivity index (χ3n) is 1.94. The van der Waals surface area contributed by atoms with Crippen molar-refractivity contribution in [1.82, 2.24) is 10.2 Å². The summed E-state index contributed by atoms with van der Waals surface area (Å²) in [6, 6.07) is 5.61. The molecule has 0 spiro atoms. The van der Waals surface area contributed by atoms with Gasteiger partial charge in [0.1, 0.15) is 0 Å². The SMILES string of the molecule is NC(=O)c1nnc(-c2cccc([N+](=O)[O-])c2)o1. The summed E-state index contributed by atoms with van der Waals surface area (Å²) >= 11 is 0. The lowest BCUT2D eigenvalue weighted by molar-refractivity contribution is -0.384. The van der Waals surface area contributed by atoms with Gasteiger partial charge in [0, 0.05) is 17.7 Å². The van der Waals surface area contributed by atoms with Gasteiger partial charge in [0.25, 0.3) is 5.69 Å². The van der Waals surface area contributed by atoms with Gasteiger partial charge in [-0.2, -0.15) is 0 Å². The Morgan fingerprint density at radius 3 is 2.76 bits per heavy atom. The van der Waals surface area contributed by atoms with Gasteiger partial charge in [-0.25, -0.2) is 0 Å². The van der Waals surface area contributed by atoms with Gasteiger partial charge in [-0.1, -0.05) is 6.07 Å². The highest BCUT2D eigenvalue weighted by Crippen LogP contribution is 2.22. The van der Waals surface area contributed by atoms with Crippen LogP contribution in [-0.2, 0) is 0 Å². The minimum Gasteiger partial charge on any atom is -0.412 e. The number of hydrogen-bond acceptors (Lipinski definition) is 6. The molecule has 0 saturated heterocycles. The van der Waals surface area contributed by atoms with Crippen molar-refractivity contribution in [3.05, 3.63) is 40.3 Å². The van der Waals surface area contributed by atoms with Crippen LogP contribution in [0.15, 0.2) is 28.7 Å². The van der Waals surface area contributed by atoms with Gasteiger partial charge in [0.2, 0.25) is 5.89 Å². The van der Waals surface area contributed by atoms with E-state index >= 15 is 0 Å². The highest BCUT2D eigenvalue weighted by atomic mass is 16.6. The fourth-order valence-corrected chi connectivity index (χ4v) is 1.19. The molecule has 0 radical (unpaired) electrons. The molecule has 0 atom stereocenters. The number of nitro benzene ring substituents is 1. The third-order valence-corrected chi connectivity index (χ3v) is 1.94. The molecule has 2 N–H and O–H groups in total. The molecule has 1 heterocycles. The monoisotopic (exact) mass is 234 g/mol. The molecular formula is C9H6N4O4. The Kier molecular flexibility index (Phi) is 2.53. The molecule has 8 heteroatoms. The normalized spacial score (nSPS) is 10.1. The van der Waals surface area contributed by atoms with E-state index in [0.29, 0.717) is 5.56 Å². The van der Waals surface area contributed by atoms with Crippen molar-refractivity contribution in [3.63, 3.8) is 0 Å². The van der Waals surface area contributed by atoms with E-state index in [4.69, 9.17) is 10.2 Å². The lowest BCUT2D eigenvalue weighted by Crippen LogP contribution is -2.10. The quantitative estimate of drug-likeness (QED) is 0.616. The van der Waals surface area contributed by atoms with Crippen molar-refractivity contribution in [3.8, 4) is 11.5 Å². The molecule has 2 aromatic rings. The Morgan fingerprint density at radius 1 is 1.41 bits per heavy atom. The summed E-state index contributed by atoms with van der Waals surface area (Å²) in [6.07, 6.45) is 0. The predicted molar refractivity (Wildman–Crippen MR) is 54.9 cm³/mol. The first-order valence-electron chi connectivity index (χ1n) is 4.46. The summed E-state index contributed by atoms with van der Waals surface area (Å²) in [4.78, 5) is 20.8. The average molecular weight is 234 g/mol. The first-order chi connectivity index (χ1) is 8.08.